The van der Waals surface area contributed by atoms with Crippen LogP contribution in [0, 0.1) is 6.92 Å². The van der Waals surface area contributed by atoms with Crippen LogP contribution in [0.2, 0.25) is 0 Å². The van der Waals surface area contributed by atoms with Crippen LogP contribution in [0.25, 0.3) is 0 Å². The average Bonchev–Trinajstić information content (AvgIpc) is 2.82. The van der Waals surface area contributed by atoms with Gasteiger partial charge in [0.25, 0.3) is 0 Å². The number of ether oxygens (including phenoxy) is 1. The van der Waals surface area contributed by atoms with Crippen molar-refractivity contribution in [1.82, 2.24) is 9.71 Å². The zero-order valence-corrected chi connectivity index (χ0v) is 12.2. The molecule has 0 amide bonds. The number of methoxy groups -OCH3 is 1. The Hall–Kier alpha value is -1.44. The molecule has 2 aromatic rings. The zero-order valence-electron chi connectivity index (χ0n) is 10.6. The number of rotatable bonds is 5. The van der Waals surface area contributed by atoms with Gasteiger partial charge < -0.3 is 4.74 Å². The van der Waals surface area contributed by atoms with Gasteiger partial charge in [0.15, 0.2) is 0 Å². The van der Waals surface area contributed by atoms with Crippen molar-refractivity contribution in [2.24, 2.45) is 0 Å². The predicted octanol–water partition coefficient (Wildman–Crippen LogP) is 1.94. The van der Waals surface area contributed by atoms with E-state index in [2.05, 4.69) is 9.71 Å². The lowest BCUT2D eigenvalue weighted by atomic mass is 10.3. The van der Waals surface area contributed by atoms with Crippen LogP contribution < -0.4 is 9.46 Å². The topological polar surface area (TPSA) is 68.3 Å². The number of sulfonamides is 1. The fourth-order valence-corrected chi connectivity index (χ4v) is 3.28. The third-order valence-electron chi connectivity index (χ3n) is 2.45. The standard InChI is InChI=1S/C12H14N2O3S2/c1-9-7-13-12(18-9)8-14-19(15,16)11-5-3-10(17-2)4-6-11/h3-7,14H,8H2,1-2H3. The molecule has 0 atom stereocenters. The van der Waals surface area contributed by atoms with Gasteiger partial charge in [-0.25, -0.2) is 18.1 Å². The smallest absolute Gasteiger partial charge is 0.240 e. The molecule has 0 fully saturated rings. The molecule has 0 saturated heterocycles. The number of thiazole rings is 1. The van der Waals surface area contributed by atoms with Gasteiger partial charge in [0.05, 0.1) is 18.6 Å². The molecule has 2 rings (SSSR count). The summed E-state index contributed by atoms with van der Waals surface area (Å²) in [6, 6.07) is 6.24. The van der Waals surface area contributed by atoms with E-state index in [1.54, 1.807) is 18.3 Å². The Balaban J connectivity index is 2.09. The molecule has 1 N–H and O–H groups in total. The Labute approximate surface area is 116 Å². The second-order valence-electron chi connectivity index (χ2n) is 3.86. The van der Waals surface area contributed by atoms with E-state index in [9.17, 15) is 8.42 Å². The largest absolute Gasteiger partial charge is 0.497 e. The van der Waals surface area contributed by atoms with Crippen LogP contribution in [0.3, 0.4) is 0 Å². The van der Waals surface area contributed by atoms with E-state index in [0.717, 1.165) is 9.88 Å². The van der Waals surface area contributed by atoms with Crippen LogP contribution in [0.5, 0.6) is 5.75 Å². The number of nitrogens with one attached hydrogen (secondary N) is 1. The lowest BCUT2D eigenvalue weighted by Crippen LogP contribution is -2.23. The summed E-state index contributed by atoms with van der Waals surface area (Å²) in [4.78, 5) is 5.38. The molecule has 0 bridgehead atoms. The molecule has 1 aromatic carbocycles. The molecule has 1 aromatic heterocycles. The van der Waals surface area contributed by atoms with Crippen LogP contribution in [0.4, 0.5) is 0 Å². The number of nitrogens with zero attached hydrogens (tertiary/aromatic N) is 1. The van der Waals surface area contributed by atoms with E-state index >= 15 is 0 Å². The maximum absolute atomic E-state index is 12.0. The van der Waals surface area contributed by atoms with Gasteiger partial charge >= 0.3 is 0 Å². The molecule has 0 aliphatic carbocycles. The lowest BCUT2D eigenvalue weighted by molar-refractivity contribution is 0.414. The number of hydrogen-bond donors (Lipinski definition) is 1. The van der Waals surface area contributed by atoms with Gasteiger partial charge in [-0.15, -0.1) is 11.3 Å². The van der Waals surface area contributed by atoms with Crippen molar-refractivity contribution in [2.45, 2.75) is 18.4 Å². The molecule has 102 valence electrons. The molecule has 5 nitrogen and oxygen atoms in total. The van der Waals surface area contributed by atoms with Crippen molar-refractivity contribution < 1.29 is 13.2 Å². The van der Waals surface area contributed by atoms with E-state index in [-0.39, 0.29) is 11.4 Å². The highest BCUT2D eigenvalue weighted by molar-refractivity contribution is 7.89. The van der Waals surface area contributed by atoms with Crippen molar-refractivity contribution in [3.8, 4) is 5.75 Å². The van der Waals surface area contributed by atoms with Crippen LogP contribution in [-0.2, 0) is 16.6 Å². The van der Waals surface area contributed by atoms with Crippen molar-refractivity contribution in [2.75, 3.05) is 7.11 Å². The highest BCUT2D eigenvalue weighted by Crippen LogP contribution is 2.16. The van der Waals surface area contributed by atoms with Crippen LogP contribution in [0.15, 0.2) is 35.4 Å². The number of aryl methyl sites for hydroxylation is 1. The van der Waals surface area contributed by atoms with Gasteiger partial charge in [-0.05, 0) is 31.2 Å². The first-order valence-electron chi connectivity index (χ1n) is 5.56. The summed E-state index contributed by atoms with van der Waals surface area (Å²) >= 11 is 1.47. The quantitative estimate of drug-likeness (QED) is 0.916. The molecule has 0 unspecified atom stereocenters. The highest BCUT2D eigenvalue weighted by atomic mass is 32.2. The maximum Gasteiger partial charge on any atom is 0.240 e. The fourth-order valence-electron chi connectivity index (χ4n) is 1.48. The minimum Gasteiger partial charge on any atom is -0.497 e. The van der Waals surface area contributed by atoms with Gasteiger partial charge in [-0.1, -0.05) is 0 Å². The lowest BCUT2D eigenvalue weighted by Gasteiger charge is -2.06. The molecule has 0 aliphatic heterocycles. The van der Waals surface area contributed by atoms with Crippen molar-refractivity contribution in [1.29, 1.82) is 0 Å². The first-order valence-corrected chi connectivity index (χ1v) is 7.86. The van der Waals surface area contributed by atoms with Crippen LogP contribution >= 0.6 is 11.3 Å². The SMILES string of the molecule is COc1ccc(S(=O)(=O)NCc2ncc(C)s2)cc1. The summed E-state index contributed by atoms with van der Waals surface area (Å²) in [6.07, 6.45) is 1.72. The summed E-state index contributed by atoms with van der Waals surface area (Å²) in [5.41, 5.74) is 0. The molecule has 0 aliphatic rings. The second-order valence-corrected chi connectivity index (χ2v) is 6.95. The van der Waals surface area contributed by atoms with Gasteiger partial charge in [0.2, 0.25) is 10.0 Å². The molecular formula is C12H14N2O3S2. The van der Waals surface area contributed by atoms with E-state index in [1.807, 2.05) is 6.92 Å². The Bertz CT molecular complexity index is 648. The Kier molecular flexibility index (Phi) is 4.18. The van der Waals surface area contributed by atoms with Crippen molar-refractivity contribution in [3.05, 3.63) is 40.3 Å². The number of hydrogen-bond acceptors (Lipinski definition) is 5. The minimum absolute atomic E-state index is 0.201. The summed E-state index contributed by atoms with van der Waals surface area (Å²) in [7, 11) is -1.98. The van der Waals surface area contributed by atoms with Crippen LogP contribution in [0.1, 0.15) is 9.88 Å². The number of aromatic nitrogens is 1. The molecule has 1 heterocycles. The van der Waals surface area contributed by atoms with Gasteiger partial charge in [0, 0.05) is 11.1 Å². The summed E-state index contributed by atoms with van der Waals surface area (Å²) in [6.45, 7) is 2.13. The molecule has 0 spiro atoms. The fraction of sp³-hybridized carbons (Fsp3) is 0.250. The first-order chi connectivity index (χ1) is 9.01. The van der Waals surface area contributed by atoms with Crippen molar-refractivity contribution >= 4 is 21.4 Å². The first kappa shape index (κ1) is 14.0. The molecular weight excluding hydrogens is 284 g/mol. The van der Waals surface area contributed by atoms with Gasteiger partial charge in [0.1, 0.15) is 10.8 Å². The van der Waals surface area contributed by atoms with E-state index in [1.165, 1.54) is 30.6 Å². The molecule has 0 saturated carbocycles. The normalized spacial score (nSPS) is 11.5. The monoisotopic (exact) mass is 298 g/mol. The Morgan fingerprint density at radius 3 is 2.53 bits per heavy atom. The second kappa shape index (κ2) is 5.68. The Morgan fingerprint density at radius 1 is 1.32 bits per heavy atom. The predicted molar refractivity (Wildman–Crippen MR) is 73.9 cm³/mol. The van der Waals surface area contributed by atoms with Crippen molar-refractivity contribution in [3.63, 3.8) is 0 Å². The van der Waals surface area contributed by atoms with Crippen LogP contribution in [-0.4, -0.2) is 20.5 Å². The summed E-state index contributed by atoms with van der Waals surface area (Å²) in [5, 5.41) is 0.745. The molecule has 0 radical (unpaired) electrons. The third-order valence-corrected chi connectivity index (χ3v) is 4.78. The minimum atomic E-state index is -3.51. The summed E-state index contributed by atoms with van der Waals surface area (Å²) in [5.74, 6) is 0.620. The van der Waals surface area contributed by atoms with Gasteiger partial charge in [-0.2, -0.15) is 0 Å². The van der Waals surface area contributed by atoms with E-state index in [4.69, 9.17) is 4.74 Å². The van der Waals surface area contributed by atoms with Gasteiger partial charge in [-0.3, -0.25) is 0 Å². The molecule has 19 heavy (non-hydrogen) atoms. The molecule has 7 heteroatoms. The highest BCUT2D eigenvalue weighted by Gasteiger charge is 2.14. The zero-order chi connectivity index (χ0) is 13.9. The third kappa shape index (κ3) is 3.52. The summed E-state index contributed by atoms with van der Waals surface area (Å²) < 4.78 is 31.6. The maximum atomic E-state index is 12.0. The van der Waals surface area contributed by atoms with E-state index < -0.39 is 10.0 Å². The average molecular weight is 298 g/mol. The number of benzene rings is 1. The van der Waals surface area contributed by atoms with E-state index in [0.29, 0.717) is 5.75 Å². The Morgan fingerprint density at radius 2 is 2.00 bits per heavy atom.